The third-order valence-electron chi connectivity index (χ3n) is 4.08. The van der Waals surface area contributed by atoms with Crippen molar-refractivity contribution in [2.75, 3.05) is 6.61 Å². The van der Waals surface area contributed by atoms with E-state index in [0.717, 1.165) is 10.5 Å². The van der Waals surface area contributed by atoms with E-state index >= 15 is 0 Å². The summed E-state index contributed by atoms with van der Waals surface area (Å²) >= 11 is 0. The second kappa shape index (κ2) is 6.66. The Morgan fingerprint density at radius 2 is 1.62 bits per heavy atom. The Labute approximate surface area is 139 Å². The largest absolute Gasteiger partial charge is 0.446 e. The molecule has 5 nitrogen and oxygen atoms in total. The predicted octanol–water partition coefficient (Wildman–Crippen LogP) is 3.08. The zero-order chi connectivity index (χ0) is 17.1. The zero-order valence-corrected chi connectivity index (χ0v) is 13.2. The molecule has 1 fully saturated rings. The highest BCUT2D eigenvalue weighted by Crippen LogP contribution is 2.31. The van der Waals surface area contributed by atoms with Gasteiger partial charge in [-0.3, -0.25) is 9.59 Å². The minimum absolute atomic E-state index is 0.0913. The van der Waals surface area contributed by atoms with Crippen LogP contribution in [0.15, 0.2) is 60.7 Å². The molecule has 122 valence electrons. The minimum Gasteiger partial charge on any atom is -0.446 e. The Bertz CT molecular complexity index is 757. The predicted molar refractivity (Wildman–Crippen MR) is 87.2 cm³/mol. The summed E-state index contributed by atoms with van der Waals surface area (Å²) in [7, 11) is 0. The first-order valence-corrected chi connectivity index (χ1v) is 7.69. The molecule has 3 rings (SSSR count). The zero-order valence-electron chi connectivity index (χ0n) is 13.2. The molecule has 2 aromatic carbocycles. The molecule has 2 aromatic rings. The van der Waals surface area contributed by atoms with Crippen LogP contribution in [0.2, 0.25) is 0 Å². The number of amides is 2. The number of nitrogens with zero attached hydrogens (tertiary/aromatic N) is 1. The molecule has 0 saturated carbocycles. The van der Waals surface area contributed by atoms with Gasteiger partial charge in [0.05, 0.1) is 0 Å². The summed E-state index contributed by atoms with van der Waals surface area (Å²) in [4.78, 5) is 38.3. The van der Waals surface area contributed by atoms with Crippen LogP contribution in [0, 0.1) is 0 Å². The average Bonchev–Trinajstić information content (AvgIpc) is 2.98. The van der Waals surface area contributed by atoms with Crippen LogP contribution in [0.4, 0.5) is 4.79 Å². The lowest BCUT2D eigenvalue weighted by molar-refractivity contribution is -0.135. The Morgan fingerprint density at radius 3 is 2.21 bits per heavy atom. The quantitative estimate of drug-likeness (QED) is 0.811. The van der Waals surface area contributed by atoms with Crippen molar-refractivity contribution in [1.29, 1.82) is 0 Å². The number of hydrogen-bond donors (Lipinski definition) is 0. The van der Waals surface area contributed by atoms with Gasteiger partial charge in [-0.2, -0.15) is 0 Å². The number of benzene rings is 2. The van der Waals surface area contributed by atoms with Crippen LogP contribution in [-0.4, -0.2) is 29.3 Å². The van der Waals surface area contributed by atoms with Crippen molar-refractivity contribution >= 4 is 17.8 Å². The minimum atomic E-state index is -1.01. The number of hydrogen-bond acceptors (Lipinski definition) is 4. The fourth-order valence-electron chi connectivity index (χ4n) is 2.92. The first-order valence-electron chi connectivity index (χ1n) is 7.69. The average molecular weight is 323 g/mol. The molecule has 0 N–H and O–H groups in total. The highest BCUT2D eigenvalue weighted by Gasteiger charge is 2.43. The molecule has 0 aromatic heterocycles. The lowest BCUT2D eigenvalue weighted by atomic mass is 9.93. The molecule has 1 unspecified atom stereocenters. The van der Waals surface area contributed by atoms with E-state index in [-0.39, 0.29) is 12.4 Å². The standard InChI is InChI=1S/C19H17NO4/c1-13(21)17(15-10-6-3-7-11-15)18(22)20-16(12-24-19(20)23)14-8-4-2-5-9-14/h2-11,16-17H,12H2,1H3/t16-,17?/m0/s1. The lowest BCUT2D eigenvalue weighted by Gasteiger charge is -2.24. The van der Waals surface area contributed by atoms with E-state index in [1.165, 1.54) is 6.92 Å². The second-order valence-corrected chi connectivity index (χ2v) is 5.67. The van der Waals surface area contributed by atoms with Gasteiger partial charge in [0, 0.05) is 0 Å². The second-order valence-electron chi connectivity index (χ2n) is 5.67. The van der Waals surface area contributed by atoms with E-state index in [1.54, 1.807) is 24.3 Å². The Balaban J connectivity index is 1.96. The first kappa shape index (κ1) is 15.9. The molecule has 0 aliphatic carbocycles. The van der Waals surface area contributed by atoms with Gasteiger partial charge in [-0.1, -0.05) is 60.7 Å². The summed E-state index contributed by atoms with van der Waals surface area (Å²) in [6, 6.07) is 17.4. The summed E-state index contributed by atoms with van der Waals surface area (Å²) < 4.78 is 5.07. The van der Waals surface area contributed by atoms with Crippen LogP contribution < -0.4 is 0 Å². The van der Waals surface area contributed by atoms with Gasteiger partial charge in [-0.25, -0.2) is 9.69 Å². The topological polar surface area (TPSA) is 63.7 Å². The number of imide groups is 1. The number of Topliss-reactive ketones (excluding diaryl/α,β-unsaturated/α-hetero) is 1. The molecule has 0 radical (unpaired) electrons. The van der Waals surface area contributed by atoms with Crippen molar-refractivity contribution in [2.24, 2.45) is 0 Å². The van der Waals surface area contributed by atoms with Crippen LogP contribution in [0.3, 0.4) is 0 Å². The number of ketones is 1. The van der Waals surface area contributed by atoms with Crippen molar-refractivity contribution in [3.8, 4) is 0 Å². The molecule has 0 spiro atoms. The van der Waals surface area contributed by atoms with Crippen molar-refractivity contribution in [1.82, 2.24) is 4.90 Å². The Morgan fingerprint density at radius 1 is 1.04 bits per heavy atom. The number of ether oxygens (including phenoxy) is 1. The fraction of sp³-hybridized carbons (Fsp3) is 0.211. The molecule has 0 bridgehead atoms. The van der Waals surface area contributed by atoms with E-state index < -0.39 is 24.0 Å². The normalized spacial score (nSPS) is 18.1. The number of cyclic esters (lactones) is 1. The molecule has 2 amide bonds. The molecule has 1 aliphatic heterocycles. The summed E-state index contributed by atoms with van der Waals surface area (Å²) in [5, 5.41) is 0. The van der Waals surface area contributed by atoms with Gasteiger partial charge in [0.25, 0.3) is 0 Å². The third-order valence-corrected chi connectivity index (χ3v) is 4.08. The van der Waals surface area contributed by atoms with Crippen molar-refractivity contribution in [3.63, 3.8) is 0 Å². The molecular weight excluding hydrogens is 306 g/mol. The van der Waals surface area contributed by atoms with E-state index in [1.807, 2.05) is 36.4 Å². The van der Waals surface area contributed by atoms with Gasteiger partial charge in [0.15, 0.2) is 0 Å². The lowest BCUT2D eigenvalue weighted by Crippen LogP contribution is -2.39. The molecule has 2 atom stereocenters. The van der Waals surface area contributed by atoms with E-state index in [0.29, 0.717) is 5.56 Å². The Kier molecular flexibility index (Phi) is 4.42. The maximum absolute atomic E-state index is 13.0. The van der Waals surface area contributed by atoms with Gasteiger partial charge >= 0.3 is 6.09 Å². The van der Waals surface area contributed by atoms with E-state index in [2.05, 4.69) is 0 Å². The van der Waals surface area contributed by atoms with Gasteiger partial charge < -0.3 is 4.74 Å². The summed E-state index contributed by atoms with van der Waals surface area (Å²) in [5.41, 5.74) is 1.37. The first-order chi connectivity index (χ1) is 11.6. The summed E-state index contributed by atoms with van der Waals surface area (Å²) in [6.07, 6.45) is -0.712. The highest BCUT2D eigenvalue weighted by molar-refractivity contribution is 6.10. The number of carbonyl (C=O) groups is 3. The monoisotopic (exact) mass is 323 g/mol. The number of rotatable bonds is 4. The van der Waals surface area contributed by atoms with Crippen molar-refractivity contribution < 1.29 is 19.1 Å². The highest BCUT2D eigenvalue weighted by atomic mass is 16.6. The van der Waals surface area contributed by atoms with Crippen LogP contribution in [0.25, 0.3) is 0 Å². The summed E-state index contributed by atoms with van der Waals surface area (Å²) in [6.45, 7) is 1.45. The van der Waals surface area contributed by atoms with Crippen LogP contribution in [0.5, 0.6) is 0 Å². The number of carbonyl (C=O) groups excluding carboxylic acids is 3. The SMILES string of the molecule is CC(=O)C(C(=O)N1C(=O)OC[C@H]1c1ccccc1)c1ccccc1. The maximum atomic E-state index is 13.0. The maximum Gasteiger partial charge on any atom is 0.417 e. The molecule has 24 heavy (non-hydrogen) atoms. The van der Waals surface area contributed by atoms with E-state index in [4.69, 9.17) is 4.74 Å². The third kappa shape index (κ3) is 2.93. The van der Waals surface area contributed by atoms with Gasteiger partial charge in [0.1, 0.15) is 24.3 Å². The van der Waals surface area contributed by atoms with Crippen LogP contribution in [0.1, 0.15) is 30.0 Å². The van der Waals surface area contributed by atoms with Crippen molar-refractivity contribution in [2.45, 2.75) is 18.9 Å². The Hall–Kier alpha value is -2.95. The van der Waals surface area contributed by atoms with Gasteiger partial charge in [0.2, 0.25) is 5.91 Å². The smallest absolute Gasteiger partial charge is 0.417 e. The molecular formula is C19H17NO4. The van der Waals surface area contributed by atoms with Crippen LogP contribution >= 0.6 is 0 Å². The molecule has 5 heteroatoms. The summed E-state index contributed by atoms with van der Waals surface area (Å²) in [5.74, 6) is -1.87. The molecule has 1 aliphatic rings. The van der Waals surface area contributed by atoms with Crippen molar-refractivity contribution in [3.05, 3.63) is 71.8 Å². The molecule has 1 saturated heterocycles. The molecule has 1 heterocycles. The van der Waals surface area contributed by atoms with E-state index in [9.17, 15) is 14.4 Å². The van der Waals surface area contributed by atoms with Gasteiger partial charge in [-0.05, 0) is 18.1 Å². The van der Waals surface area contributed by atoms with Crippen LogP contribution in [-0.2, 0) is 14.3 Å². The fourth-order valence-corrected chi connectivity index (χ4v) is 2.92. The van der Waals surface area contributed by atoms with Gasteiger partial charge in [-0.15, -0.1) is 0 Å².